The molecule has 18 heavy (non-hydrogen) atoms. The van der Waals surface area contributed by atoms with Gasteiger partial charge in [0.15, 0.2) is 0 Å². The highest BCUT2D eigenvalue weighted by atomic mass is 79.9. The van der Waals surface area contributed by atoms with Crippen molar-refractivity contribution in [2.45, 2.75) is 20.0 Å². The molecular formula is C13H16BrN3S. The van der Waals surface area contributed by atoms with Crippen molar-refractivity contribution in [1.29, 1.82) is 0 Å². The van der Waals surface area contributed by atoms with Crippen molar-refractivity contribution in [1.82, 2.24) is 4.98 Å². The Balaban J connectivity index is 2.13. The summed E-state index contributed by atoms with van der Waals surface area (Å²) in [6, 6.07) is 6.25. The predicted molar refractivity (Wildman–Crippen MR) is 81.0 cm³/mol. The molecule has 2 rings (SSSR count). The average Bonchev–Trinajstić information content (AvgIpc) is 2.74. The molecule has 0 saturated heterocycles. The fourth-order valence-corrected chi connectivity index (χ4v) is 2.89. The number of rotatable bonds is 4. The van der Waals surface area contributed by atoms with Gasteiger partial charge in [0.2, 0.25) is 0 Å². The van der Waals surface area contributed by atoms with Crippen LogP contribution in [0, 0.1) is 6.92 Å². The third-order valence-corrected chi connectivity index (χ3v) is 4.32. The van der Waals surface area contributed by atoms with Crippen LogP contribution in [0.25, 0.3) is 0 Å². The Morgan fingerprint density at radius 3 is 2.78 bits per heavy atom. The van der Waals surface area contributed by atoms with E-state index in [1.165, 1.54) is 0 Å². The van der Waals surface area contributed by atoms with Gasteiger partial charge in [-0.1, -0.05) is 22.0 Å². The summed E-state index contributed by atoms with van der Waals surface area (Å²) in [4.78, 5) is 6.66. The highest BCUT2D eigenvalue weighted by Crippen LogP contribution is 2.24. The predicted octanol–water partition coefficient (Wildman–Crippen LogP) is 3.31. The monoisotopic (exact) mass is 325 g/mol. The molecule has 0 spiro atoms. The number of aryl methyl sites for hydroxylation is 1. The quantitative estimate of drug-likeness (QED) is 0.937. The van der Waals surface area contributed by atoms with Crippen LogP contribution >= 0.6 is 27.3 Å². The molecule has 0 saturated carbocycles. The summed E-state index contributed by atoms with van der Waals surface area (Å²) in [5, 5.41) is 3.22. The van der Waals surface area contributed by atoms with Gasteiger partial charge in [-0.25, -0.2) is 4.98 Å². The van der Waals surface area contributed by atoms with Crippen molar-refractivity contribution in [3.05, 3.63) is 44.3 Å². The van der Waals surface area contributed by atoms with E-state index in [9.17, 15) is 0 Å². The molecule has 0 aliphatic heterocycles. The fourth-order valence-electron chi connectivity index (χ4n) is 1.75. The normalized spacial score (nSPS) is 10.7. The average molecular weight is 326 g/mol. The Hall–Kier alpha value is -0.910. The second kappa shape index (κ2) is 5.82. The molecule has 1 aromatic carbocycles. The Morgan fingerprint density at radius 1 is 1.44 bits per heavy atom. The number of nitrogens with zero attached hydrogens (tertiary/aromatic N) is 2. The minimum atomic E-state index is 0.551. The van der Waals surface area contributed by atoms with E-state index in [1.54, 1.807) is 11.3 Å². The first kappa shape index (κ1) is 13.5. The van der Waals surface area contributed by atoms with Gasteiger partial charge in [-0.3, -0.25) is 0 Å². The van der Waals surface area contributed by atoms with Gasteiger partial charge in [-0.05, 0) is 24.6 Å². The maximum atomic E-state index is 5.65. The van der Waals surface area contributed by atoms with Gasteiger partial charge in [0.1, 0.15) is 0 Å². The first-order valence-electron chi connectivity index (χ1n) is 5.71. The zero-order valence-corrected chi connectivity index (χ0v) is 12.9. The van der Waals surface area contributed by atoms with Gasteiger partial charge in [0, 0.05) is 29.1 Å². The van der Waals surface area contributed by atoms with E-state index in [1.807, 2.05) is 6.92 Å². The Labute approximate surface area is 120 Å². The summed E-state index contributed by atoms with van der Waals surface area (Å²) in [6.45, 7) is 3.40. The summed E-state index contributed by atoms with van der Waals surface area (Å²) in [5.74, 6) is 0. The molecule has 0 fully saturated rings. The molecule has 5 heteroatoms. The van der Waals surface area contributed by atoms with Crippen molar-refractivity contribution >= 4 is 33.0 Å². The highest BCUT2D eigenvalue weighted by molar-refractivity contribution is 9.10. The van der Waals surface area contributed by atoms with Gasteiger partial charge in [-0.15, -0.1) is 11.3 Å². The van der Waals surface area contributed by atoms with E-state index >= 15 is 0 Å². The van der Waals surface area contributed by atoms with Crippen molar-refractivity contribution in [2.24, 2.45) is 5.73 Å². The molecule has 96 valence electrons. The Kier molecular flexibility index (Phi) is 4.37. The number of aromatic nitrogens is 1. The minimum Gasteiger partial charge on any atom is -0.369 e. The molecule has 3 nitrogen and oxygen atoms in total. The molecule has 0 radical (unpaired) electrons. The molecule has 0 aliphatic rings. The van der Waals surface area contributed by atoms with Crippen LogP contribution < -0.4 is 10.6 Å². The van der Waals surface area contributed by atoms with E-state index in [4.69, 9.17) is 5.73 Å². The molecule has 0 bridgehead atoms. The Morgan fingerprint density at radius 2 is 2.22 bits per heavy atom. The van der Waals surface area contributed by atoms with E-state index < -0.39 is 0 Å². The topological polar surface area (TPSA) is 42.2 Å². The van der Waals surface area contributed by atoms with Gasteiger partial charge >= 0.3 is 0 Å². The molecule has 1 aromatic heterocycles. The van der Waals surface area contributed by atoms with Gasteiger partial charge < -0.3 is 10.6 Å². The molecule has 0 atom stereocenters. The molecule has 2 N–H and O–H groups in total. The van der Waals surface area contributed by atoms with Crippen LogP contribution in [0.1, 0.15) is 16.3 Å². The van der Waals surface area contributed by atoms with E-state index in [0.717, 1.165) is 33.0 Å². The molecule has 2 aromatic rings. The highest BCUT2D eigenvalue weighted by Gasteiger charge is 2.07. The largest absolute Gasteiger partial charge is 0.369 e. The lowest BCUT2D eigenvalue weighted by molar-refractivity contribution is 0.888. The van der Waals surface area contributed by atoms with Crippen LogP contribution in [0.2, 0.25) is 0 Å². The SMILES string of the molecule is Cc1nc(CN(C)c2ccc(CN)c(Br)c2)cs1. The van der Waals surface area contributed by atoms with E-state index in [-0.39, 0.29) is 0 Å². The number of anilines is 1. The van der Waals surface area contributed by atoms with Crippen molar-refractivity contribution in [3.63, 3.8) is 0 Å². The van der Waals surface area contributed by atoms with Gasteiger partial charge in [0.05, 0.1) is 17.2 Å². The number of thiazole rings is 1. The van der Waals surface area contributed by atoms with Crippen LogP contribution in [-0.2, 0) is 13.1 Å². The van der Waals surface area contributed by atoms with Crippen LogP contribution in [0.15, 0.2) is 28.1 Å². The molecule has 0 aliphatic carbocycles. The molecular weight excluding hydrogens is 310 g/mol. The second-order valence-electron chi connectivity index (χ2n) is 4.19. The number of halogens is 1. The first-order valence-corrected chi connectivity index (χ1v) is 7.38. The summed E-state index contributed by atoms with van der Waals surface area (Å²) in [7, 11) is 2.07. The van der Waals surface area contributed by atoms with Crippen molar-refractivity contribution in [2.75, 3.05) is 11.9 Å². The summed E-state index contributed by atoms with van der Waals surface area (Å²) < 4.78 is 1.06. The number of nitrogens with two attached hydrogens (primary N) is 1. The lowest BCUT2D eigenvalue weighted by atomic mass is 10.2. The summed E-state index contributed by atoms with van der Waals surface area (Å²) in [6.07, 6.45) is 0. The maximum Gasteiger partial charge on any atom is 0.0898 e. The molecule has 0 unspecified atom stereocenters. The number of hydrogen-bond donors (Lipinski definition) is 1. The zero-order chi connectivity index (χ0) is 13.1. The number of benzene rings is 1. The second-order valence-corrected chi connectivity index (χ2v) is 6.11. The smallest absolute Gasteiger partial charge is 0.0898 e. The van der Waals surface area contributed by atoms with Crippen molar-refractivity contribution in [3.8, 4) is 0 Å². The van der Waals surface area contributed by atoms with E-state index in [0.29, 0.717) is 6.54 Å². The van der Waals surface area contributed by atoms with Gasteiger partial charge in [0.25, 0.3) is 0 Å². The zero-order valence-electron chi connectivity index (χ0n) is 10.5. The summed E-state index contributed by atoms with van der Waals surface area (Å²) >= 11 is 5.23. The fraction of sp³-hybridized carbons (Fsp3) is 0.308. The Bertz CT molecular complexity index is 539. The summed E-state index contributed by atoms with van der Waals surface area (Å²) in [5.41, 5.74) is 9.04. The lowest BCUT2D eigenvalue weighted by Gasteiger charge is -2.19. The standard InChI is InChI=1S/C13H16BrN3S/c1-9-16-11(8-18-9)7-17(2)12-4-3-10(6-15)13(14)5-12/h3-5,8H,6-7,15H2,1-2H3. The van der Waals surface area contributed by atoms with E-state index in [2.05, 4.69) is 56.4 Å². The third-order valence-electron chi connectivity index (χ3n) is 2.76. The lowest BCUT2D eigenvalue weighted by Crippen LogP contribution is -2.16. The minimum absolute atomic E-state index is 0.551. The van der Waals surface area contributed by atoms with Crippen LogP contribution in [-0.4, -0.2) is 12.0 Å². The molecule has 1 heterocycles. The van der Waals surface area contributed by atoms with Gasteiger partial charge in [-0.2, -0.15) is 0 Å². The third kappa shape index (κ3) is 3.10. The number of hydrogen-bond acceptors (Lipinski definition) is 4. The maximum absolute atomic E-state index is 5.65. The molecule has 0 amide bonds. The van der Waals surface area contributed by atoms with Crippen LogP contribution in [0.4, 0.5) is 5.69 Å². The first-order chi connectivity index (χ1) is 8.60. The van der Waals surface area contributed by atoms with Crippen LogP contribution in [0.5, 0.6) is 0 Å². The van der Waals surface area contributed by atoms with Crippen molar-refractivity contribution < 1.29 is 0 Å². The van der Waals surface area contributed by atoms with Crippen LogP contribution in [0.3, 0.4) is 0 Å².